The van der Waals surface area contributed by atoms with E-state index >= 15 is 0 Å². The predicted octanol–water partition coefficient (Wildman–Crippen LogP) is 4.37. The molecule has 0 saturated carbocycles. The summed E-state index contributed by atoms with van der Waals surface area (Å²) in [5, 5.41) is 1.19. The first-order valence-electron chi connectivity index (χ1n) is 8.24. The zero-order chi connectivity index (χ0) is 15.8. The molecule has 1 saturated heterocycles. The fraction of sp³-hybridized carbons (Fsp3) is 0.368. The van der Waals surface area contributed by atoms with Gasteiger partial charge in [-0.2, -0.15) is 0 Å². The first-order valence-corrected chi connectivity index (χ1v) is 9.23. The third-order valence-electron chi connectivity index (χ3n) is 4.71. The fourth-order valence-corrected chi connectivity index (χ4v) is 4.90. The predicted molar refractivity (Wildman–Crippen MR) is 96.7 cm³/mol. The highest BCUT2D eigenvalue weighted by molar-refractivity contribution is 8.14. The van der Waals surface area contributed by atoms with E-state index in [9.17, 15) is 0 Å². The van der Waals surface area contributed by atoms with E-state index in [0.29, 0.717) is 6.04 Å². The Morgan fingerprint density at radius 1 is 1.22 bits per heavy atom. The Balaban J connectivity index is 1.80. The Kier molecular flexibility index (Phi) is 3.85. The van der Waals surface area contributed by atoms with E-state index in [1.165, 1.54) is 16.3 Å². The molecule has 0 aliphatic carbocycles. The van der Waals surface area contributed by atoms with Gasteiger partial charge < -0.3 is 4.90 Å². The molecule has 2 aliphatic heterocycles. The summed E-state index contributed by atoms with van der Waals surface area (Å²) in [4.78, 5) is 12.2. The number of aromatic nitrogens is 1. The van der Waals surface area contributed by atoms with Gasteiger partial charge >= 0.3 is 0 Å². The van der Waals surface area contributed by atoms with Crippen molar-refractivity contribution in [1.29, 1.82) is 0 Å². The quantitative estimate of drug-likeness (QED) is 0.840. The van der Waals surface area contributed by atoms with Crippen molar-refractivity contribution in [2.75, 3.05) is 5.75 Å². The van der Waals surface area contributed by atoms with E-state index in [1.54, 1.807) is 0 Å². The van der Waals surface area contributed by atoms with Crippen molar-refractivity contribution in [2.45, 2.75) is 38.4 Å². The molecule has 0 spiro atoms. The molecule has 0 radical (unpaired) electrons. The lowest BCUT2D eigenvalue weighted by Gasteiger charge is -2.32. The minimum absolute atomic E-state index is 0.0925. The Morgan fingerprint density at radius 2 is 2.13 bits per heavy atom. The van der Waals surface area contributed by atoms with Crippen molar-refractivity contribution in [3.8, 4) is 0 Å². The normalized spacial score (nSPS) is 26.3. The van der Waals surface area contributed by atoms with E-state index in [4.69, 9.17) is 4.99 Å². The van der Waals surface area contributed by atoms with E-state index in [2.05, 4.69) is 60.1 Å². The maximum absolute atomic E-state index is 5.05. The molecule has 3 nitrogen and oxygen atoms in total. The summed E-state index contributed by atoms with van der Waals surface area (Å²) in [6.45, 7) is 4.43. The summed E-state index contributed by atoms with van der Waals surface area (Å²) in [6.07, 6.45) is 3.03. The SMILES string of the molecule is CC[C@H]1CSC2=N[C@@H](c3ccccn3)[C@@H](c3cccc(C)c3)N21. The van der Waals surface area contributed by atoms with E-state index in [1.807, 2.05) is 24.0 Å². The topological polar surface area (TPSA) is 28.5 Å². The molecule has 2 aliphatic rings. The number of pyridine rings is 1. The first-order chi connectivity index (χ1) is 11.3. The van der Waals surface area contributed by atoms with E-state index < -0.39 is 0 Å². The fourth-order valence-electron chi connectivity index (χ4n) is 3.56. The van der Waals surface area contributed by atoms with Crippen molar-refractivity contribution in [1.82, 2.24) is 9.88 Å². The largest absolute Gasteiger partial charge is 0.338 e. The zero-order valence-corrected chi connectivity index (χ0v) is 14.3. The summed E-state index contributed by atoms with van der Waals surface area (Å²) >= 11 is 1.89. The lowest BCUT2D eigenvalue weighted by molar-refractivity contribution is 0.255. The number of rotatable bonds is 3. The minimum atomic E-state index is 0.0925. The average Bonchev–Trinajstić information content (AvgIpc) is 3.14. The van der Waals surface area contributed by atoms with Crippen LogP contribution in [0.2, 0.25) is 0 Å². The van der Waals surface area contributed by atoms with Gasteiger partial charge in [-0.25, -0.2) is 0 Å². The van der Waals surface area contributed by atoms with Gasteiger partial charge in [0.1, 0.15) is 6.04 Å². The van der Waals surface area contributed by atoms with Crippen LogP contribution in [0, 0.1) is 6.92 Å². The van der Waals surface area contributed by atoms with Gasteiger partial charge in [-0.1, -0.05) is 54.6 Å². The van der Waals surface area contributed by atoms with Crippen LogP contribution in [0.25, 0.3) is 0 Å². The summed E-state index contributed by atoms with van der Waals surface area (Å²) in [6, 6.07) is 15.9. The Bertz CT molecular complexity index is 728. The number of fused-ring (bicyclic) bond motifs is 1. The number of benzene rings is 1. The highest BCUT2D eigenvalue weighted by Gasteiger charge is 2.45. The van der Waals surface area contributed by atoms with Gasteiger partial charge in [0.25, 0.3) is 0 Å². The van der Waals surface area contributed by atoms with Crippen LogP contribution in [0.1, 0.15) is 42.2 Å². The molecule has 0 bridgehead atoms. The molecule has 0 unspecified atom stereocenters. The summed E-state index contributed by atoms with van der Waals surface area (Å²) in [5.41, 5.74) is 3.72. The highest BCUT2D eigenvalue weighted by atomic mass is 32.2. The number of nitrogens with zero attached hydrogens (tertiary/aromatic N) is 3. The lowest BCUT2D eigenvalue weighted by Crippen LogP contribution is -2.35. The van der Waals surface area contributed by atoms with Crippen LogP contribution in [-0.2, 0) is 0 Å². The maximum Gasteiger partial charge on any atom is 0.160 e. The van der Waals surface area contributed by atoms with Gasteiger partial charge in [-0.15, -0.1) is 0 Å². The molecule has 4 rings (SSSR count). The molecular weight excluding hydrogens is 302 g/mol. The van der Waals surface area contributed by atoms with Crippen molar-refractivity contribution >= 4 is 16.9 Å². The Morgan fingerprint density at radius 3 is 2.87 bits per heavy atom. The number of aryl methyl sites for hydroxylation is 1. The van der Waals surface area contributed by atoms with Crippen LogP contribution in [-0.4, -0.2) is 26.8 Å². The summed E-state index contributed by atoms with van der Waals surface area (Å²) < 4.78 is 0. The third kappa shape index (κ3) is 2.55. The number of thioether (sulfide) groups is 1. The van der Waals surface area contributed by atoms with Crippen molar-refractivity contribution in [3.05, 3.63) is 65.5 Å². The van der Waals surface area contributed by atoms with Gasteiger partial charge in [0.15, 0.2) is 5.17 Å². The summed E-state index contributed by atoms with van der Waals surface area (Å²) in [7, 11) is 0. The second-order valence-electron chi connectivity index (χ2n) is 6.25. The second-order valence-corrected chi connectivity index (χ2v) is 7.24. The second kappa shape index (κ2) is 6.00. The average molecular weight is 323 g/mol. The first kappa shape index (κ1) is 14.8. The molecule has 23 heavy (non-hydrogen) atoms. The van der Waals surface area contributed by atoms with Crippen LogP contribution in [0.15, 0.2) is 53.7 Å². The molecule has 0 amide bonds. The molecule has 1 aromatic carbocycles. The van der Waals surface area contributed by atoms with Crippen LogP contribution in [0.5, 0.6) is 0 Å². The number of hydrogen-bond donors (Lipinski definition) is 0. The smallest absolute Gasteiger partial charge is 0.160 e. The lowest BCUT2D eigenvalue weighted by atomic mass is 9.94. The number of amidine groups is 1. The molecule has 1 fully saturated rings. The van der Waals surface area contributed by atoms with Crippen LogP contribution >= 0.6 is 11.8 Å². The van der Waals surface area contributed by atoms with E-state index in [0.717, 1.165) is 17.9 Å². The van der Waals surface area contributed by atoms with Crippen LogP contribution < -0.4 is 0 Å². The van der Waals surface area contributed by atoms with Gasteiger partial charge in [0, 0.05) is 18.0 Å². The molecule has 3 atom stereocenters. The van der Waals surface area contributed by atoms with Crippen LogP contribution in [0.4, 0.5) is 0 Å². The maximum atomic E-state index is 5.05. The zero-order valence-electron chi connectivity index (χ0n) is 13.5. The van der Waals surface area contributed by atoms with Gasteiger partial charge in [-0.05, 0) is 31.0 Å². The van der Waals surface area contributed by atoms with Gasteiger partial charge in [-0.3, -0.25) is 9.98 Å². The standard InChI is InChI=1S/C19H21N3S/c1-3-15-12-23-19-21-17(16-9-4-5-10-20-16)18(22(15)19)14-8-6-7-13(2)11-14/h4-11,15,17-18H,3,12H2,1-2H3/t15-,17-,18+/m0/s1. The van der Waals surface area contributed by atoms with Crippen molar-refractivity contribution in [2.24, 2.45) is 4.99 Å². The molecule has 1 aromatic heterocycles. The molecule has 4 heteroatoms. The molecule has 0 N–H and O–H groups in total. The summed E-state index contributed by atoms with van der Waals surface area (Å²) in [5.74, 6) is 1.15. The van der Waals surface area contributed by atoms with Gasteiger partial charge in [0.2, 0.25) is 0 Å². The molecule has 2 aromatic rings. The molecule has 118 valence electrons. The highest BCUT2D eigenvalue weighted by Crippen LogP contribution is 2.48. The monoisotopic (exact) mass is 323 g/mol. The van der Waals surface area contributed by atoms with Crippen molar-refractivity contribution < 1.29 is 0 Å². The number of hydrogen-bond acceptors (Lipinski definition) is 4. The van der Waals surface area contributed by atoms with Crippen LogP contribution in [0.3, 0.4) is 0 Å². The van der Waals surface area contributed by atoms with Gasteiger partial charge in [0.05, 0.1) is 11.7 Å². The van der Waals surface area contributed by atoms with E-state index in [-0.39, 0.29) is 12.1 Å². The Labute approximate surface area is 141 Å². The molecule has 3 heterocycles. The minimum Gasteiger partial charge on any atom is -0.338 e. The van der Waals surface area contributed by atoms with Crippen molar-refractivity contribution in [3.63, 3.8) is 0 Å². The number of aliphatic imine (C=N–C) groups is 1. The molecular formula is C19H21N3S. The Hall–Kier alpha value is -1.81. The third-order valence-corrected chi connectivity index (χ3v) is 5.84.